The Morgan fingerprint density at radius 3 is 2.71 bits per heavy atom. The first-order valence-corrected chi connectivity index (χ1v) is 4.33. The minimum absolute atomic E-state index is 0.273. The summed E-state index contributed by atoms with van der Waals surface area (Å²) in [4.78, 5) is 8.19. The molecule has 0 aliphatic heterocycles. The van der Waals surface area contributed by atoms with Crippen molar-refractivity contribution in [3.63, 3.8) is 0 Å². The number of aromatic hydroxyl groups is 1. The number of hydrogen-bond donors (Lipinski definition) is 1. The van der Waals surface area contributed by atoms with Gasteiger partial charge < -0.3 is 5.11 Å². The van der Waals surface area contributed by atoms with E-state index >= 15 is 0 Å². The lowest BCUT2D eigenvalue weighted by Crippen LogP contribution is -1.87. The first kappa shape index (κ1) is 8.69. The van der Waals surface area contributed by atoms with Gasteiger partial charge in [0.2, 0.25) is 0 Å². The molecule has 0 amide bonds. The molecular formula is C11H10N2O. The van der Waals surface area contributed by atoms with Crippen LogP contribution in [-0.4, -0.2) is 15.1 Å². The third-order valence-electron chi connectivity index (χ3n) is 2.05. The Balaban J connectivity index is 2.53. The van der Waals surface area contributed by atoms with Gasteiger partial charge in [-0.2, -0.15) is 0 Å². The van der Waals surface area contributed by atoms with Crippen LogP contribution in [0.25, 0.3) is 11.3 Å². The number of rotatable bonds is 1. The molecule has 14 heavy (non-hydrogen) atoms. The summed E-state index contributed by atoms with van der Waals surface area (Å²) in [5, 5.41) is 9.25. The highest BCUT2D eigenvalue weighted by atomic mass is 16.3. The molecule has 0 unspecified atom stereocenters. The highest BCUT2D eigenvalue weighted by molar-refractivity contribution is 5.63. The van der Waals surface area contributed by atoms with Crippen LogP contribution in [0.2, 0.25) is 0 Å². The Morgan fingerprint density at radius 1 is 1.21 bits per heavy atom. The van der Waals surface area contributed by atoms with Crippen molar-refractivity contribution >= 4 is 0 Å². The van der Waals surface area contributed by atoms with E-state index in [0.29, 0.717) is 0 Å². The van der Waals surface area contributed by atoms with E-state index in [1.807, 2.05) is 13.0 Å². The monoisotopic (exact) mass is 186 g/mol. The average molecular weight is 186 g/mol. The fourth-order valence-electron chi connectivity index (χ4n) is 1.37. The van der Waals surface area contributed by atoms with E-state index < -0.39 is 0 Å². The molecule has 70 valence electrons. The lowest BCUT2D eigenvalue weighted by molar-refractivity contribution is 0.475. The van der Waals surface area contributed by atoms with Crippen LogP contribution in [0.5, 0.6) is 5.75 Å². The van der Waals surface area contributed by atoms with Gasteiger partial charge in [0.15, 0.2) is 0 Å². The maximum atomic E-state index is 9.25. The Bertz CT molecular complexity index is 440. The predicted octanol–water partition coefficient (Wildman–Crippen LogP) is 2.16. The van der Waals surface area contributed by atoms with E-state index in [9.17, 15) is 5.11 Å². The highest BCUT2D eigenvalue weighted by Gasteiger charge is 2.02. The lowest BCUT2D eigenvalue weighted by atomic mass is 10.1. The number of aromatic nitrogens is 2. The maximum absolute atomic E-state index is 9.25. The Morgan fingerprint density at radius 2 is 2.07 bits per heavy atom. The topological polar surface area (TPSA) is 46.0 Å². The summed E-state index contributed by atoms with van der Waals surface area (Å²) in [6.45, 7) is 1.93. The molecule has 0 spiro atoms. The molecule has 0 fully saturated rings. The molecule has 0 saturated heterocycles. The Labute approximate surface area is 82.1 Å². The molecule has 0 atom stereocenters. The summed E-state index contributed by atoms with van der Waals surface area (Å²) in [5.74, 6) is 0.273. The molecule has 2 aromatic rings. The van der Waals surface area contributed by atoms with Crippen LogP contribution in [0.1, 0.15) is 5.56 Å². The average Bonchev–Trinajstić information content (AvgIpc) is 2.19. The molecule has 2 rings (SSSR count). The van der Waals surface area contributed by atoms with Gasteiger partial charge in [0.05, 0.1) is 11.9 Å². The van der Waals surface area contributed by atoms with Crippen molar-refractivity contribution < 1.29 is 5.11 Å². The van der Waals surface area contributed by atoms with Gasteiger partial charge in [-0.1, -0.05) is 0 Å². The van der Waals surface area contributed by atoms with Crippen LogP contribution in [0.4, 0.5) is 0 Å². The number of phenols is 1. The second kappa shape index (κ2) is 3.46. The minimum atomic E-state index is 0.273. The van der Waals surface area contributed by atoms with Crippen molar-refractivity contribution in [3.8, 4) is 17.0 Å². The molecule has 1 aromatic carbocycles. The molecule has 3 heteroatoms. The quantitative estimate of drug-likeness (QED) is 0.742. The molecule has 0 bridgehead atoms. The lowest BCUT2D eigenvalue weighted by Gasteiger charge is -2.04. The standard InChI is InChI=1S/C11H10N2O/c1-8-6-9(14)2-3-10(8)11-7-12-4-5-13-11/h2-7,14H,1H3. The van der Waals surface area contributed by atoms with Gasteiger partial charge in [0.25, 0.3) is 0 Å². The van der Waals surface area contributed by atoms with Gasteiger partial charge in [0, 0.05) is 18.0 Å². The molecule has 1 aromatic heterocycles. The van der Waals surface area contributed by atoms with Crippen molar-refractivity contribution in [2.24, 2.45) is 0 Å². The van der Waals surface area contributed by atoms with Crippen molar-refractivity contribution in [3.05, 3.63) is 42.4 Å². The SMILES string of the molecule is Cc1cc(O)ccc1-c1cnccn1. The predicted molar refractivity (Wildman–Crippen MR) is 53.9 cm³/mol. The molecule has 0 radical (unpaired) electrons. The maximum Gasteiger partial charge on any atom is 0.115 e. The smallest absolute Gasteiger partial charge is 0.115 e. The number of hydrogen-bond acceptors (Lipinski definition) is 3. The Hall–Kier alpha value is -1.90. The van der Waals surface area contributed by atoms with E-state index in [2.05, 4.69) is 9.97 Å². The van der Waals surface area contributed by atoms with Crippen LogP contribution < -0.4 is 0 Å². The number of benzene rings is 1. The summed E-state index contributed by atoms with van der Waals surface area (Å²) < 4.78 is 0. The highest BCUT2D eigenvalue weighted by Crippen LogP contribution is 2.23. The zero-order chi connectivity index (χ0) is 9.97. The first-order chi connectivity index (χ1) is 6.77. The molecule has 3 nitrogen and oxygen atoms in total. The summed E-state index contributed by atoms with van der Waals surface area (Å²) in [7, 11) is 0. The molecule has 0 aliphatic carbocycles. The van der Waals surface area contributed by atoms with Gasteiger partial charge in [-0.15, -0.1) is 0 Å². The molecule has 0 aliphatic rings. The van der Waals surface area contributed by atoms with Gasteiger partial charge in [-0.05, 0) is 30.7 Å². The van der Waals surface area contributed by atoms with Crippen molar-refractivity contribution in [2.75, 3.05) is 0 Å². The zero-order valence-electron chi connectivity index (χ0n) is 7.81. The van der Waals surface area contributed by atoms with E-state index in [1.54, 1.807) is 30.7 Å². The van der Waals surface area contributed by atoms with Gasteiger partial charge in [-0.25, -0.2) is 0 Å². The van der Waals surface area contributed by atoms with Crippen molar-refractivity contribution in [1.29, 1.82) is 0 Å². The first-order valence-electron chi connectivity index (χ1n) is 4.33. The molecule has 0 saturated carbocycles. The molecule has 1 N–H and O–H groups in total. The zero-order valence-corrected chi connectivity index (χ0v) is 7.81. The van der Waals surface area contributed by atoms with Crippen LogP contribution in [0.3, 0.4) is 0 Å². The summed E-state index contributed by atoms with van der Waals surface area (Å²) >= 11 is 0. The van der Waals surface area contributed by atoms with Gasteiger partial charge in [0.1, 0.15) is 5.75 Å². The normalized spacial score (nSPS) is 10.1. The largest absolute Gasteiger partial charge is 0.508 e. The van der Waals surface area contributed by atoms with Crippen LogP contribution in [0, 0.1) is 6.92 Å². The van der Waals surface area contributed by atoms with E-state index in [0.717, 1.165) is 16.8 Å². The van der Waals surface area contributed by atoms with Crippen molar-refractivity contribution in [2.45, 2.75) is 6.92 Å². The fourth-order valence-corrected chi connectivity index (χ4v) is 1.37. The summed E-state index contributed by atoms with van der Waals surface area (Å²) in [5.41, 5.74) is 2.81. The van der Waals surface area contributed by atoms with Crippen LogP contribution in [0.15, 0.2) is 36.8 Å². The second-order valence-electron chi connectivity index (χ2n) is 3.09. The van der Waals surface area contributed by atoms with E-state index in [4.69, 9.17) is 0 Å². The third-order valence-corrected chi connectivity index (χ3v) is 2.05. The molecule has 1 heterocycles. The van der Waals surface area contributed by atoms with Gasteiger partial charge in [-0.3, -0.25) is 9.97 Å². The fraction of sp³-hybridized carbons (Fsp3) is 0.0909. The number of phenolic OH excluding ortho intramolecular Hbond substituents is 1. The Kier molecular flexibility index (Phi) is 2.14. The van der Waals surface area contributed by atoms with Crippen molar-refractivity contribution in [1.82, 2.24) is 9.97 Å². The summed E-state index contributed by atoms with van der Waals surface area (Å²) in [6.07, 6.45) is 5.00. The van der Waals surface area contributed by atoms with E-state index in [-0.39, 0.29) is 5.75 Å². The van der Waals surface area contributed by atoms with Crippen LogP contribution >= 0.6 is 0 Å². The number of aryl methyl sites for hydroxylation is 1. The van der Waals surface area contributed by atoms with E-state index in [1.165, 1.54) is 0 Å². The summed E-state index contributed by atoms with van der Waals surface area (Å²) in [6, 6.07) is 5.20. The molecular weight excluding hydrogens is 176 g/mol. The minimum Gasteiger partial charge on any atom is -0.508 e. The third kappa shape index (κ3) is 1.57. The van der Waals surface area contributed by atoms with Gasteiger partial charge >= 0.3 is 0 Å². The second-order valence-corrected chi connectivity index (χ2v) is 3.09. The number of nitrogens with zero attached hydrogens (tertiary/aromatic N) is 2. The van der Waals surface area contributed by atoms with Crippen LogP contribution in [-0.2, 0) is 0 Å².